The quantitative estimate of drug-likeness (QED) is 0.863. The van der Waals surface area contributed by atoms with Crippen LogP contribution in [0.1, 0.15) is 16.8 Å². The second-order valence-corrected chi connectivity index (χ2v) is 4.20. The molecule has 19 heavy (non-hydrogen) atoms. The minimum atomic E-state index is 0.451. The lowest BCUT2D eigenvalue weighted by Gasteiger charge is -2.06. The highest BCUT2D eigenvalue weighted by molar-refractivity contribution is 5.26. The van der Waals surface area contributed by atoms with Crippen LogP contribution in [0.4, 0.5) is 0 Å². The third-order valence-electron chi connectivity index (χ3n) is 2.79. The SMILES string of the molecule is COc1ccc(COCc2ccnc(CN)c2)cc1. The van der Waals surface area contributed by atoms with Gasteiger partial charge in [-0.05, 0) is 35.4 Å². The van der Waals surface area contributed by atoms with Gasteiger partial charge in [-0.15, -0.1) is 0 Å². The van der Waals surface area contributed by atoms with Crippen molar-refractivity contribution in [3.05, 3.63) is 59.4 Å². The van der Waals surface area contributed by atoms with Crippen molar-refractivity contribution in [2.45, 2.75) is 19.8 Å². The number of hydrogen-bond donors (Lipinski definition) is 1. The maximum atomic E-state index is 5.67. The van der Waals surface area contributed by atoms with Crippen LogP contribution in [0.2, 0.25) is 0 Å². The highest BCUT2D eigenvalue weighted by atomic mass is 16.5. The molecule has 100 valence electrons. The van der Waals surface area contributed by atoms with Crippen LogP contribution >= 0.6 is 0 Å². The molecule has 0 radical (unpaired) electrons. The van der Waals surface area contributed by atoms with Crippen LogP contribution in [0.25, 0.3) is 0 Å². The van der Waals surface area contributed by atoms with Crippen LogP contribution in [0.5, 0.6) is 5.75 Å². The van der Waals surface area contributed by atoms with Gasteiger partial charge in [0.1, 0.15) is 5.75 Å². The molecule has 0 saturated carbocycles. The molecule has 0 aliphatic rings. The second kappa shape index (κ2) is 6.87. The summed E-state index contributed by atoms with van der Waals surface area (Å²) in [5.41, 5.74) is 8.64. The third kappa shape index (κ3) is 4.05. The fourth-order valence-electron chi connectivity index (χ4n) is 1.74. The smallest absolute Gasteiger partial charge is 0.118 e. The van der Waals surface area contributed by atoms with Gasteiger partial charge in [-0.2, -0.15) is 0 Å². The Morgan fingerprint density at radius 2 is 1.79 bits per heavy atom. The Bertz CT molecular complexity index is 512. The van der Waals surface area contributed by atoms with E-state index < -0.39 is 0 Å². The van der Waals surface area contributed by atoms with Crippen molar-refractivity contribution in [3.8, 4) is 5.75 Å². The highest BCUT2D eigenvalue weighted by Crippen LogP contribution is 2.12. The summed E-state index contributed by atoms with van der Waals surface area (Å²) >= 11 is 0. The van der Waals surface area contributed by atoms with E-state index in [4.69, 9.17) is 15.2 Å². The van der Waals surface area contributed by atoms with Gasteiger partial charge in [0, 0.05) is 12.7 Å². The van der Waals surface area contributed by atoms with Gasteiger partial charge in [0.15, 0.2) is 0 Å². The number of benzene rings is 1. The van der Waals surface area contributed by atoms with E-state index in [2.05, 4.69) is 4.98 Å². The molecular weight excluding hydrogens is 240 g/mol. The molecule has 4 heteroatoms. The molecule has 1 heterocycles. The number of ether oxygens (including phenoxy) is 2. The first kappa shape index (κ1) is 13.5. The average molecular weight is 258 g/mol. The lowest BCUT2D eigenvalue weighted by atomic mass is 10.2. The first-order valence-electron chi connectivity index (χ1n) is 6.16. The van der Waals surface area contributed by atoms with Crippen LogP contribution in [0.3, 0.4) is 0 Å². The van der Waals surface area contributed by atoms with Crippen LogP contribution in [-0.2, 0) is 24.5 Å². The third-order valence-corrected chi connectivity index (χ3v) is 2.79. The lowest BCUT2D eigenvalue weighted by molar-refractivity contribution is 0.107. The van der Waals surface area contributed by atoms with Crippen LogP contribution in [0.15, 0.2) is 42.6 Å². The summed E-state index contributed by atoms with van der Waals surface area (Å²) in [5, 5.41) is 0. The van der Waals surface area contributed by atoms with Crippen molar-refractivity contribution >= 4 is 0 Å². The fourth-order valence-corrected chi connectivity index (χ4v) is 1.74. The second-order valence-electron chi connectivity index (χ2n) is 4.20. The van der Waals surface area contributed by atoms with Crippen molar-refractivity contribution in [2.24, 2.45) is 5.73 Å². The summed E-state index contributed by atoms with van der Waals surface area (Å²) in [6.07, 6.45) is 1.76. The number of pyridine rings is 1. The van der Waals surface area contributed by atoms with Crippen molar-refractivity contribution in [2.75, 3.05) is 7.11 Å². The molecule has 4 nitrogen and oxygen atoms in total. The Labute approximate surface area is 113 Å². The predicted octanol–water partition coefficient (Wildman–Crippen LogP) is 2.27. The molecule has 0 unspecified atom stereocenters. The molecular formula is C15H18N2O2. The average Bonchev–Trinajstić information content (AvgIpc) is 2.48. The van der Waals surface area contributed by atoms with Gasteiger partial charge in [0.05, 0.1) is 26.0 Å². The number of methoxy groups -OCH3 is 1. The molecule has 2 N–H and O–H groups in total. The standard InChI is InChI=1S/C15H18N2O2/c1-18-15-4-2-12(3-5-15)10-19-11-13-6-7-17-14(8-13)9-16/h2-8H,9-11,16H2,1H3. The summed E-state index contributed by atoms with van der Waals surface area (Å²) in [6.45, 7) is 1.58. The molecule has 0 amide bonds. The minimum absolute atomic E-state index is 0.451. The zero-order valence-corrected chi connectivity index (χ0v) is 11.0. The molecule has 0 atom stereocenters. The Hall–Kier alpha value is -1.91. The van der Waals surface area contributed by atoms with Gasteiger partial charge in [-0.25, -0.2) is 0 Å². The zero-order valence-electron chi connectivity index (χ0n) is 11.0. The zero-order chi connectivity index (χ0) is 13.5. The maximum Gasteiger partial charge on any atom is 0.118 e. The normalized spacial score (nSPS) is 10.4. The first-order chi connectivity index (χ1) is 9.31. The largest absolute Gasteiger partial charge is 0.497 e. The monoisotopic (exact) mass is 258 g/mol. The van der Waals surface area contributed by atoms with Crippen molar-refractivity contribution in [1.29, 1.82) is 0 Å². The summed E-state index contributed by atoms with van der Waals surface area (Å²) < 4.78 is 10.8. The first-order valence-corrected chi connectivity index (χ1v) is 6.16. The minimum Gasteiger partial charge on any atom is -0.497 e. The van der Waals surface area contributed by atoms with Gasteiger partial charge in [0.25, 0.3) is 0 Å². The highest BCUT2D eigenvalue weighted by Gasteiger charge is 1.98. The topological polar surface area (TPSA) is 57.4 Å². The molecule has 0 aliphatic carbocycles. The van der Waals surface area contributed by atoms with E-state index in [0.29, 0.717) is 19.8 Å². The van der Waals surface area contributed by atoms with Crippen LogP contribution < -0.4 is 10.5 Å². The van der Waals surface area contributed by atoms with E-state index in [9.17, 15) is 0 Å². The summed E-state index contributed by atoms with van der Waals surface area (Å²) in [5.74, 6) is 0.852. The van der Waals surface area contributed by atoms with Crippen molar-refractivity contribution in [1.82, 2.24) is 4.98 Å². The van der Waals surface area contributed by atoms with Crippen molar-refractivity contribution in [3.63, 3.8) is 0 Å². The van der Waals surface area contributed by atoms with E-state index >= 15 is 0 Å². The Morgan fingerprint density at radius 1 is 1.05 bits per heavy atom. The van der Waals surface area contributed by atoms with E-state index in [-0.39, 0.29) is 0 Å². The molecule has 0 bridgehead atoms. The van der Waals surface area contributed by atoms with E-state index in [0.717, 1.165) is 22.6 Å². The number of rotatable bonds is 6. The number of nitrogens with zero attached hydrogens (tertiary/aromatic N) is 1. The molecule has 0 spiro atoms. The molecule has 0 aliphatic heterocycles. The fraction of sp³-hybridized carbons (Fsp3) is 0.267. The number of aromatic nitrogens is 1. The number of hydrogen-bond acceptors (Lipinski definition) is 4. The van der Waals surface area contributed by atoms with Gasteiger partial charge >= 0.3 is 0 Å². The molecule has 1 aromatic carbocycles. The van der Waals surface area contributed by atoms with Crippen LogP contribution in [0, 0.1) is 0 Å². The van der Waals surface area contributed by atoms with Gasteiger partial charge in [0.2, 0.25) is 0 Å². The van der Waals surface area contributed by atoms with Crippen LogP contribution in [-0.4, -0.2) is 12.1 Å². The Kier molecular flexibility index (Phi) is 4.89. The number of nitrogens with two attached hydrogens (primary N) is 1. The Balaban J connectivity index is 1.85. The molecule has 2 aromatic rings. The Morgan fingerprint density at radius 3 is 2.47 bits per heavy atom. The maximum absolute atomic E-state index is 5.67. The lowest BCUT2D eigenvalue weighted by Crippen LogP contribution is -2.01. The molecule has 0 saturated heterocycles. The van der Waals surface area contributed by atoms with Gasteiger partial charge < -0.3 is 15.2 Å². The van der Waals surface area contributed by atoms with E-state index in [1.165, 1.54) is 0 Å². The van der Waals surface area contributed by atoms with Gasteiger partial charge in [-0.1, -0.05) is 12.1 Å². The molecule has 0 fully saturated rings. The van der Waals surface area contributed by atoms with E-state index in [1.54, 1.807) is 13.3 Å². The summed E-state index contributed by atoms with van der Waals surface area (Å²) in [6, 6.07) is 11.8. The summed E-state index contributed by atoms with van der Waals surface area (Å²) in [7, 11) is 1.66. The molecule has 2 rings (SSSR count). The van der Waals surface area contributed by atoms with E-state index in [1.807, 2.05) is 36.4 Å². The van der Waals surface area contributed by atoms with Gasteiger partial charge in [-0.3, -0.25) is 4.98 Å². The summed E-state index contributed by atoms with van der Waals surface area (Å²) in [4.78, 5) is 4.15. The van der Waals surface area contributed by atoms with Crippen molar-refractivity contribution < 1.29 is 9.47 Å². The predicted molar refractivity (Wildman–Crippen MR) is 73.6 cm³/mol. The molecule has 1 aromatic heterocycles.